The van der Waals surface area contributed by atoms with Gasteiger partial charge in [-0.2, -0.15) is 5.26 Å². The van der Waals surface area contributed by atoms with E-state index < -0.39 is 0 Å². The fourth-order valence-electron chi connectivity index (χ4n) is 3.32. The van der Waals surface area contributed by atoms with Crippen LogP contribution in [0.3, 0.4) is 0 Å². The summed E-state index contributed by atoms with van der Waals surface area (Å²) in [6.07, 6.45) is 1.88. The van der Waals surface area contributed by atoms with Crippen molar-refractivity contribution in [1.82, 2.24) is 0 Å². The summed E-state index contributed by atoms with van der Waals surface area (Å²) >= 11 is 15.7. The molecule has 152 valence electrons. The molecule has 4 rings (SSSR count). The molecule has 4 aromatic rings. The van der Waals surface area contributed by atoms with Gasteiger partial charge < -0.3 is 4.74 Å². The first-order chi connectivity index (χ1) is 15.0. The van der Waals surface area contributed by atoms with Crippen LogP contribution in [-0.2, 0) is 6.61 Å². The van der Waals surface area contributed by atoms with E-state index in [2.05, 4.69) is 22.0 Å². The van der Waals surface area contributed by atoms with E-state index in [1.165, 1.54) is 0 Å². The molecule has 0 N–H and O–H groups in total. The third-order valence-corrected chi connectivity index (χ3v) is 6.07. The van der Waals surface area contributed by atoms with E-state index in [0.717, 1.165) is 31.9 Å². The number of nitrogens with zero attached hydrogens (tertiary/aromatic N) is 1. The number of nitriles is 1. The molecule has 4 aromatic carbocycles. The van der Waals surface area contributed by atoms with Crippen molar-refractivity contribution in [2.75, 3.05) is 0 Å². The molecular formula is C26H16BrCl2NO. The first kappa shape index (κ1) is 21.5. The second kappa shape index (κ2) is 9.58. The van der Waals surface area contributed by atoms with Gasteiger partial charge in [-0.1, -0.05) is 77.8 Å². The quantitative estimate of drug-likeness (QED) is 0.200. The van der Waals surface area contributed by atoms with Crippen LogP contribution in [0.2, 0.25) is 10.0 Å². The maximum atomic E-state index is 9.80. The number of halogens is 3. The van der Waals surface area contributed by atoms with Gasteiger partial charge in [-0.15, -0.1) is 0 Å². The average Bonchev–Trinajstić information content (AvgIpc) is 2.77. The largest absolute Gasteiger partial charge is 0.488 e. The molecule has 0 heterocycles. The van der Waals surface area contributed by atoms with Gasteiger partial charge >= 0.3 is 0 Å². The van der Waals surface area contributed by atoms with Gasteiger partial charge in [0.25, 0.3) is 0 Å². The second-order valence-corrected chi connectivity index (χ2v) is 8.61. The van der Waals surface area contributed by atoms with E-state index in [9.17, 15) is 5.26 Å². The molecule has 31 heavy (non-hydrogen) atoms. The van der Waals surface area contributed by atoms with Crippen LogP contribution in [0, 0.1) is 11.3 Å². The molecule has 0 spiro atoms. The molecule has 5 heteroatoms. The van der Waals surface area contributed by atoms with Gasteiger partial charge in [0.15, 0.2) is 0 Å². The van der Waals surface area contributed by atoms with Crippen molar-refractivity contribution >= 4 is 61.6 Å². The third kappa shape index (κ3) is 4.94. The topological polar surface area (TPSA) is 33.0 Å². The van der Waals surface area contributed by atoms with Crippen LogP contribution in [0.5, 0.6) is 5.75 Å². The van der Waals surface area contributed by atoms with E-state index in [-0.39, 0.29) is 0 Å². The fourth-order valence-corrected chi connectivity index (χ4v) is 4.29. The Morgan fingerprint density at radius 1 is 0.968 bits per heavy atom. The number of fused-ring (bicyclic) bond motifs is 1. The van der Waals surface area contributed by atoms with Crippen LogP contribution in [0.4, 0.5) is 0 Å². The monoisotopic (exact) mass is 507 g/mol. The maximum absolute atomic E-state index is 9.80. The van der Waals surface area contributed by atoms with E-state index in [4.69, 9.17) is 27.9 Å². The van der Waals surface area contributed by atoms with Crippen molar-refractivity contribution in [3.63, 3.8) is 0 Å². The molecule has 0 aliphatic rings. The van der Waals surface area contributed by atoms with E-state index >= 15 is 0 Å². The van der Waals surface area contributed by atoms with Crippen LogP contribution in [0.1, 0.15) is 16.7 Å². The summed E-state index contributed by atoms with van der Waals surface area (Å²) in [6, 6.07) is 27.4. The minimum atomic E-state index is 0.323. The molecule has 0 bridgehead atoms. The number of hydrogen-bond donors (Lipinski definition) is 0. The number of benzene rings is 4. The van der Waals surface area contributed by atoms with Crippen molar-refractivity contribution in [3.8, 4) is 11.8 Å². The summed E-state index contributed by atoms with van der Waals surface area (Å²) in [4.78, 5) is 0. The van der Waals surface area contributed by atoms with Crippen molar-refractivity contribution in [3.05, 3.63) is 110 Å². The molecule has 0 fully saturated rings. The van der Waals surface area contributed by atoms with Crippen molar-refractivity contribution in [2.45, 2.75) is 6.61 Å². The standard InChI is InChI=1S/C26H16BrCl2NO/c27-24-13-17(8-11-26(24)31-16-19-9-10-21(28)14-25(19)29)12-20(15-30)23-7-3-5-18-4-1-2-6-22(18)23/h1-14H,16H2/b20-12-. The summed E-state index contributed by atoms with van der Waals surface area (Å²) in [5.74, 6) is 0.687. The van der Waals surface area contributed by atoms with E-state index in [1.807, 2.05) is 72.8 Å². The molecule has 0 saturated heterocycles. The summed E-state index contributed by atoms with van der Waals surface area (Å²) < 4.78 is 6.71. The first-order valence-electron chi connectivity index (χ1n) is 9.51. The number of rotatable bonds is 5. The molecule has 0 unspecified atom stereocenters. The predicted octanol–water partition coefficient (Wildman–Crippen LogP) is 8.55. The molecule has 0 aliphatic carbocycles. The molecule has 0 saturated carbocycles. The fraction of sp³-hybridized carbons (Fsp3) is 0.0385. The molecule has 0 atom stereocenters. The predicted molar refractivity (Wildman–Crippen MR) is 132 cm³/mol. The Kier molecular flexibility index (Phi) is 6.63. The maximum Gasteiger partial charge on any atom is 0.134 e. The summed E-state index contributed by atoms with van der Waals surface area (Å²) in [7, 11) is 0. The third-order valence-electron chi connectivity index (χ3n) is 4.87. The molecule has 0 aliphatic heterocycles. The molecular weight excluding hydrogens is 493 g/mol. The lowest BCUT2D eigenvalue weighted by atomic mass is 9.97. The Hall–Kier alpha value is -2.77. The Bertz CT molecular complexity index is 1340. The van der Waals surface area contributed by atoms with Crippen LogP contribution < -0.4 is 4.74 Å². The van der Waals surface area contributed by atoms with Gasteiger partial charge in [-0.3, -0.25) is 0 Å². The van der Waals surface area contributed by atoms with E-state index in [1.54, 1.807) is 12.1 Å². The van der Waals surface area contributed by atoms with Crippen molar-refractivity contribution < 1.29 is 4.74 Å². The van der Waals surface area contributed by atoms with Gasteiger partial charge in [0.2, 0.25) is 0 Å². The van der Waals surface area contributed by atoms with Crippen LogP contribution in [-0.4, -0.2) is 0 Å². The van der Waals surface area contributed by atoms with Crippen LogP contribution in [0.15, 0.2) is 83.3 Å². The highest BCUT2D eigenvalue weighted by molar-refractivity contribution is 9.10. The van der Waals surface area contributed by atoms with Gasteiger partial charge in [0, 0.05) is 21.2 Å². The molecule has 0 radical (unpaired) electrons. The summed E-state index contributed by atoms with van der Waals surface area (Å²) in [6.45, 7) is 0.323. The van der Waals surface area contributed by atoms with Gasteiger partial charge in [0.05, 0.1) is 16.1 Å². The number of ether oxygens (including phenoxy) is 1. The zero-order chi connectivity index (χ0) is 21.8. The molecule has 0 amide bonds. The lowest BCUT2D eigenvalue weighted by Gasteiger charge is -2.11. The Morgan fingerprint density at radius 3 is 2.55 bits per heavy atom. The van der Waals surface area contributed by atoms with Crippen molar-refractivity contribution in [1.29, 1.82) is 5.26 Å². The number of hydrogen-bond acceptors (Lipinski definition) is 2. The van der Waals surface area contributed by atoms with Crippen LogP contribution in [0.25, 0.3) is 22.4 Å². The van der Waals surface area contributed by atoms with Gasteiger partial charge in [0.1, 0.15) is 12.4 Å². The van der Waals surface area contributed by atoms with Crippen LogP contribution >= 0.6 is 39.1 Å². The molecule has 0 aromatic heterocycles. The number of allylic oxidation sites excluding steroid dienone is 1. The average molecular weight is 509 g/mol. The minimum Gasteiger partial charge on any atom is -0.488 e. The highest BCUT2D eigenvalue weighted by atomic mass is 79.9. The Balaban J connectivity index is 1.59. The highest BCUT2D eigenvalue weighted by Gasteiger charge is 2.09. The SMILES string of the molecule is N#C/C(=C/c1ccc(OCc2ccc(Cl)cc2Cl)c(Br)c1)c1cccc2ccccc12. The smallest absolute Gasteiger partial charge is 0.134 e. The van der Waals surface area contributed by atoms with Gasteiger partial charge in [-0.25, -0.2) is 0 Å². The first-order valence-corrected chi connectivity index (χ1v) is 11.1. The van der Waals surface area contributed by atoms with E-state index in [0.29, 0.717) is 28.0 Å². The summed E-state index contributed by atoms with van der Waals surface area (Å²) in [5.41, 5.74) is 3.26. The normalized spacial score (nSPS) is 11.4. The Morgan fingerprint density at radius 2 is 1.77 bits per heavy atom. The minimum absolute atomic E-state index is 0.323. The lowest BCUT2D eigenvalue weighted by molar-refractivity contribution is 0.304. The Labute approximate surface area is 199 Å². The zero-order valence-corrected chi connectivity index (χ0v) is 19.4. The zero-order valence-electron chi connectivity index (χ0n) is 16.3. The van der Waals surface area contributed by atoms with Crippen molar-refractivity contribution in [2.24, 2.45) is 0 Å². The second-order valence-electron chi connectivity index (χ2n) is 6.91. The summed E-state index contributed by atoms with van der Waals surface area (Å²) in [5, 5.41) is 13.1. The molecule has 2 nitrogen and oxygen atoms in total. The van der Waals surface area contributed by atoms with Gasteiger partial charge in [-0.05, 0) is 62.6 Å². The lowest BCUT2D eigenvalue weighted by Crippen LogP contribution is -1.97. The highest BCUT2D eigenvalue weighted by Crippen LogP contribution is 2.31.